The van der Waals surface area contributed by atoms with Crippen molar-refractivity contribution >= 4 is 55.4 Å². The second kappa shape index (κ2) is 9.06. The van der Waals surface area contributed by atoms with Crippen molar-refractivity contribution < 1.29 is 0 Å². The summed E-state index contributed by atoms with van der Waals surface area (Å²) in [6.07, 6.45) is 0. The first kappa shape index (κ1) is 25.7. The zero-order valence-corrected chi connectivity index (χ0v) is 26.6. The van der Waals surface area contributed by atoms with Gasteiger partial charge in [-0.1, -0.05) is 120 Å². The first-order valence-electron chi connectivity index (χ1n) is 16.3. The Morgan fingerprint density at radius 3 is 1.91 bits per heavy atom. The van der Waals surface area contributed by atoms with Gasteiger partial charge in [-0.15, -0.1) is 0 Å². The van der Waals surface area contributed by atoms with Gasteiger partial charge >= 0.3 is 0 Å². The SMILES string of the molecule is Cc1ccc(-n2c3ccccc3c3cc4c(cc32)Sc2ccccc2C42c3ccccc3-n3c4ccccc4c4cccc2c43)cc1. The van der Waals surface area contributed by atoms with Gasteiger partial charge in [0.2, 0.25) is 0 Å². The minimum absolute atomic E-state index is 0.487. The average molecular weight is 617 g/mol. The molecule has 11 rings (SSSR count). The molecule has 0 radical (unpaired) electrons. The van der Waals surface area contributed by atoms with Gasteiger partial charge in [0.25, 0.3) is 0 Å². The molecule has 2 aromatic heterocycles. The third-order valence-electron chi connectivity index (χ3n) is 10.6. The molecule has 0 bridgehead atoms. The van der Waals surface area contributed by atoms with Gasteiger partial charge in [0, 0.05) is 37.0 Å². The predicted molar refractivity (Wildman–Crippen MR) is 196 cm³/mol. The minimum Gasteiger partial charge on any atom is -0.309 e. The normalized spacial score (nSPS) is 16.2. The summed E-state index contributed by atoms with van der Waals surface area (Å²) in [5, 5.41) is 5.17. The third-order valence-corrected chi connectivity index (χ3v) is 11.8. The Kier molecular flexibility index (Phi) is 4.94. The Labute approximate surface area is 276 Å². The van der Waals surface area contributed by atoms with Crippen LogP contribution in [0, 0.1) is 6.92 Å². The Morgan fingerprint density at radius 1 is 0.447 bits per heavy atom. The van der Waals surface area contributed by atoms with Gasteiger partial charge in [-0.05, 0) is 77.7 Å². The molecule has 2 aliphatic rings. The van der Waals surface area contributed by atoms with E-state index < -0.39 is 5.41 Å². The summed E-state index contributed by atoms with van der Waals surface area (Å²) in [6, 6.07) is 56.9. The van der Waals surface area contributed by atoms with Crippen LogP contribution in [0.3, 0.4) is 0 Å². The second-order valence-electron chi connectivity index (χ2n) is 13.0. The van der Waals surface area contributed by atoms with Crippen LogP contribution in [0.1, 0.15) is 27.8 Å². The Bertz CT molecular complexity index is 2780. The maximum absolute atomic E-state index is 2.54. The van der Waals surface area contributed by atoms with E-state index in [1.54, 1.807) is 0 Å². The molecule has 2 aliphatic heterocycles. The van der Waals surface area contributed by atoms with E-state index >= 15 is 0 Å². The van der Waals surface area contributed by atoms with Crippen molar-refractivity contribution in [3.63, 3.8) is 0 Å². The molecule has 0 saturated carbocycles. The van der Waals surface area contributed by atoms with E-state index in [-0.39, 0.29) is 0 Å². The highest BCUT2D eigenvalue weighted by Gasteiger charge is 2.49. The lowest BCUT2D eigenvalue weighted by Crippen LogP contribution is -2.37. The molecule has 2 nitrogen and oxygen atoms in total. The first-order valence-corrected chi connectivity index (χ1v) is 17.1. The molecule has 0 amide bonds. The molecule has 0 aliphatic carbocycles. The van der Waals surface area contributed by atoms with E-state index in [9.17, 15) is 0 Å². The molecule has 47 heavy (non-hydrogen) atoms. The number of hydrogen-bond acceptors (Lipinski definition) is 1. The van der Waals surface area contributed by atoms with Crippen LogP contribution in [0.15, 0.2) is 161 Å². The van der Waals surface area contributed by atoms with Crippen LogP contribution in [-0.2, 0) is 5.41 Å². The van der Waals surface area contributed by atoms with Crippen molar-refractivity contribution in [2.24, 2.45) is 0 Å². The molecule has 0 fully saturated rings. The van der Waals surface area contributed by atoms with Gasteiger partial charge in [-0.25, -0.2) is 0 Å². The molecule has 1 unspecified atom stereocenters. The summed E-state index contributed by atoms with van der Waals surface area (Å²) in [7, 11) is 0. The van der Waals surface area contributed by atoms with Crippen molar-refractivity contribution in [2.75, 3.05) is 0 Å². The Balaban J connectivity index is 1.35. The molecule has 0 saturated heterocycles. The van der Waals surface area contributed by atoms with Crippen molar-refractivity contribution in [1.29, 1.82) is 0 Å². The summed E-state index contributed by atoms with van der Waals surface area (Å²) in [6.45, 7) is 2.15. The van der Waals surface area contributed by atoms with Gasteiger partial charge in [-0.2, -0.15) is 0 Å². The summed E-state index contributed by atoms with van der Waals surface area (Å²) in [4.78, 5) is 2.62. The molecule has 1 atom stereocenters. The topological polar surface area (TPSA) is 9.86 Å². The van der Waals surface area contributed by atoms with Crippen molar-refractivity contribution in [2.45, 2.75) is 22.1 Å². The fraction of sp³-hybridized carbons (Fsp3) is 0.0455. The highest BCUT2D eigenvalue weighted by atomic mass is 32.2. The quantitative estimate of drug-likeness (QED) is 0.178. The number of fused-ring (bicyclic) bond motifs is 14. The van der Waals surface area contributed by atoms with Crippen LogP contribution >= 0.6 is 11.8 Å². The van der Waals surface area contributed by atoms with Gasteiger partial charge < -0.3 is 9.13 Å². The minimum atomic E-state index is -0.487. The lowest BCUT2D eigenvalue weighted by molar-refractivity contribution is 0.691. The van der Waals surface area contributed by atoms with Crippen molar-refractivity contribution in [3.8, 4) is 11.4 Å². The van der Waals surface area contributed by atoms with Crippen LogP contribution in [0.2, 0.25) is 0 Å². The van der Waals surface area contributed by atoms with Gasteiger partial charge in [0.1, 0.15) is 0 Å². The lowest BCUT2D eigenvalue weighted by atomic mass is 9.62. The average Bonchev–Trinajstić information content (AvgIpc) is 3.63. The van der Waals surface area contributed by atoms with E-state index in [0.29, 0.717) is 0 Å². The highest BCUT2D eigenvalue weighted by Crippen LogP contribution is 2.61. The van der Waals surface area contributed by atoms with E-state index in [2.05, 4.69) is 168 Å². The number of aromatic nitrogens is 2. The standard InChI is InChI=1S/C44H28N2S/c1-27-21-23-28(24-22-27)45-37-17-6-3-12-30(37)32-25-36-42(26-40(32)45)47-41-20-9-5-15-34(41)44(36)33-14-4-8-19-39(33)46-38-18-7-2-11-29(38)31-13-10-16-35(44)43(31)46/h2-26H,1H3. The summed E-state index contributed by atoms with van der Waals surface area (Å²) < 4.78 is 4.97. The molecular formula is C44H28N2S. The molecule has 220 valence electrons. The van der Waals surface area contributed by atoms with Crippen LogP contribution in [0.5, 0.6) is 0 Å². The zero-order chi connectivity index (χ0) is 30.9. The zero-order valence-electron chi connectivity index (χ0n) is 25.7. The van der Waals surface area contributed by atoms with Gasteiger partial charge in [0.05, 0.1) is 33.2 Å². The van der Waals surface area contributed by atoms with E-state index in [4.69, 9.17) is 0 Å². The highest BCUT2D eigenvalue weighted by molar-refractivity contribution is 7.99. The van der Waals surface area contributed by atoms with Crippen molar-refractivity contribution in [3.05, 3.63) is 179 Å². The monoisotopic (exact) mass is 616 g/mol. The second-order valence-corrected chi connectivity index (χ2v) is 14.1. The summed E-state index contributed by atoms with van der Waals surface area (Å²) in [5.74, 6) is 0. The molecule has 1 spiro atoms. The van der Waals surface area contributed by atoms with E-state index in [0.717, 1.165) is 0 Å². The van der Waals surface area contributed by atoms with Crippen LogP contribution in [-0.4, -0.2) is 9.13 Å². The van der Waals surface area contributed by atoms with E-state index in [1.165, 1.54) is 92.6 Å². The number of aryl methyl sites for hydroxylation is 1. The number of nitrogens with zero attached hydrogens (tertiary/aromatic N) is 2. The van der Waals surface area contributed by atoms with Crippen LogP contribution in [0.4, 0.5) is 0 Å². The maximum atomic E-state index is 2.54. The largest absolute Gasteiger partial charge is 0.309 e. The number of benzene rings is 7. The molecule has 3 heteroatoms. The number of rotatable bonds is 1. The lowest BCUT2D eigenvalue weighted by Gasteiger charge is -2.45. The predicted octanol–water partition coefficient (Wildman–Crippen LogP) is 11.3. The summed E-state index contributed by atoms with van der Waals surface area (Å²) >= 11 is 1.91. The van der Waals surface area contributed by atoms with Crippen LogP contribution < -0.4 is 0 Å². The third kappa shape index (κ3) is 3.13. The molecule has 7 aromatic carbocycles. The smallest absolute Gasteiger partial charge is 0.0764 e. The maximum Gasteiger partial charge on any atom is 0.0764 e. The fourth-order valence-electron chi connectivity index (χ4n) is 8.76. The first-order chi connectivity index (χ1) is 23.2. The fourth-order valence-corrected chi connectivity index (χ4v) is 9.96. The van der Waals surface area contributed by atoms with Crippen LogP contribution in [0.25, 0.3) is 55.0 Å². The molecular weight excluding hydrogens is 589 g/mol. The molecule has 0 N–H and O–H groups in total. The van der Waals surface area contributed by atoms with Gasteiger partial charge in [0.15, 0.2) is 0 Å². The Morgan fingerprint density at radius 2 is 1.09 bits per heavy atom. The van der Waals surface area contributed by atoms with Gasteiger partial charge in [-0.3, -0.25) is 0 Å². The summed E-state index contributed by atoms with van der Waals surface area (Å²) in [5.41, 5.74) is 13.7. The van der Waals surface area contributed by atoms with Crippen molar-refractivity contribution in [1.82, 2.24) is 9.13 Å². The molecule has 4 heterocycles. The van der Waals surface area contributed by atoms with E-state index in [1.807, 2.05) is 11.8 Å². The molecule has 9 aromatic rings. The number of para-hydroxylation sites is 4. The Hall–Kier alpha value is -5.51. The number of hydrogen-bond donors (Lipinski definition) is 0.